The van der Waals surface area contributed by atoms with Crippen molar-refractivity contribution >= 4 is 33.0 Å². The summed E-state index contributed by atoms with van der Waals surface area (Å²) in [6.45, 7) is 10.0. The highest BCUT2D eigenvalue weighted by atomic mass is 79.9. The number of hydrogen-bond donors (Lipinski definition) is 1. The van der Waals surface area contributed by atoms with E-state index < -0.39 is 0 Å². The van der Waals surface area contributed by atoms with Crippen LogP contribution in [0.5, 0.6) is 0 Å². The van der Waals surface area contributed by atoms with E-state index in [1.54, 1.807) is 0 Å². The van der Waals surface area contributed by atoms with Crippen LogP contribution in [0.25, 0.3) is 11.1 Å². The molecule has 1 saturated heterocycles. The highest BCUT2D eigenvalue weighted by Crippen LogP contribution is 2.31. The summed E-state index contributed by atoms with van der Waals surface area (Å²) in [5.74, 6) is -0.314. The van der Waals surface area contributed by atoms with E-state index in [-0.39, 0.29) is 18.2 Å². The van der Waals surface area contributed by atoms with Gasteiger partial charge in [-0.25, -0.2) is 4.79 Å². The number of pyridine rings is 1. The number of esters is 1. The Kier molecular flexibility index (Phi) is 5.85. The molecule has 1 aliphatic heterocycles. The Labute approximate surface area is 162 Å². The molecule has 3 heterocycles. The number of fused-ring (bicyclic) bond motifs is 1. The molecule has 3 rings (SSSR count). The molecule has 1 fully saturated rings. The molecule has 5 nitrogen and oxygen atoms in total. The maximum Gasteiger partial charge on any atom is 0.355 e. The molecule has 0 spiro atoms. The smallest absolute Gasteiger partial charge is 0.355 e. The largest absolute Gasteiger partial charge is 0.458 e. The van der Waals surface area contributed by atoms with Gasteiger partial charge in [-0.1, -0.05) is 6.08 Å². The normalized spacial score (nSPS) is 18.5. The fraction of sp³-hybridized carbons (Fsp3) is 0.450. The lowest BCUT2D eigenvalue weighted by atomic mass is 9.94. The Morgan fingerprint density at radius 3 is 2.85 bits per heavy atom. The van der Waals surface area contributed by atoms with Gasteiger partial charge in [0.1, 0.15) is 5.69 Å². The lowest BCUT2D eigenvalue weighted by molar-refractivity contribution is 0.0368. The van der Waals surface area contributed by atoms with Crippen LogP contribution in [0.4, 0.5) is 0 Å². The second-order valence-corrected chi connectivity index (χ2v) is 7.66. The standard InChI is InChI=1S/C20H25BrN2O3/c1-5-16(18-10-22-6-7-25-18)17-9-15-8-14(21)11-23(15)19(13(17)4)20(24)26-12(2)3/h5,8-9,11-12,18,22H,6-7,10H2,1-4H3/b16-5+. The van der Waals surface area contributed by atoms with Crippen LogP contribution in [0, 0.1) is 6.92 Å². The summed E-state index contributed by atoms with van der Waals surface area (Å²) in [5.41, 5.74) is 4.51. The molecule has 140 valence electrons. The number of allylic oxidation sites excluding steroid dienone is 1. The molecule has 1 aliphatic rings. The number of carbonyl (C=O) groups is 1. The van der Waals surface area contributed by atoms with Crippen molar-refractivity contribution in [2.75, 3.05) is 19.7 Å². The van der Waals surface area contributed by atoms with Crippen LogP contribution < -0.4 is 5.32 Å². The van der Waals surface area contributed by atoms with Gasteiger partial charge in [0.25, 0.3) is 0 Å². The van der Waals surface area contributed by atoms with Crippen LogP contribution in [0.15, 0.2) is 28.9 Å². The molecule has 0 radical (unpaired) electrons. The maximum absolute atomic E-state index is 12.8. The van der Waals surface area contributed by atoms with E-state index in [1.807, 2.05) is 44.4 Å². The molecule has 2 aromatic rings. The third-order valence-electron chi connectivity index (χ3n) is 4.54. The van der Waals surface area contributed by atoms with Crippen LogP contribution in [-0.2, 0) is 9.47 Å². The zero-order chi connectivity index (χ0) is 18.8. The summed E-state index contributed by atoms with van der Waals surface area (Å²) in [4.78, 5) is 12.8. The maximum atomic E-state index is 12.8. The Hall–Kier alpha value is -1.63. The van der Waals surface area contributed by atoms with Crippen molar-refractivity contribution in [3.63, 3.8) is 0 Å². The van der Waals surface area contributed by atoms with E-state index in [2.05, 4.69) is 33.4 Å². The van der Waals surface area contributed by atoms with Crippen molar-refractivity contribution in [1.82, 2.24) is 9.72 Å². The number of morpholine rings is 1. The van der Waals surface area contributed by atoms with Gasteiger partial charge in [0.05, 0.1) is 18.8 Å². The number of hydrogen-bond acceptors (Lipinski definition) is 4. The summed E-state index contributed by atoms with van der Waals surface area (Å²) in [6, 6.07) is 4.11. The molecule has 0 amide bonds. The third-order valence-corrected chi connectivity index (χ3v) is 4.97. The number of nitrogens with one attached hydrogen (secondary N) is 1. The van der Waals surface area contributed by atoms with Crippen molar-refractivity contribution in [3.8, 4) is 0 Å². The highest BCUT2D eigenvalue weighted by molar-refractivity contribution is 9.10. The predicted octanol–water partition coefficient (Wildman–Crippen LogP) is 3.97. The second kappa shape index (κ2) is 7.94. The molecular formula is C20H25BrN2O3. The van der Waals surface area contributed by atoms with E-state index in [0.29, 0.717) is 12.3 Å². The fourth-order valence-corrected chi connectivity index (χ4v) is 3.86. The first-order valence-electron chi connectivity index (χ1n) is 8.93. The van der Waals surface area contributed by atoms with Crippen LogP contribution in [0.1, 0.15) is 42.4 Å². The Morgan fingerprint density at radius 2 is 2.23 bits per heavy atom. The van der Waals surface area contributed by atoms with Gasteiger partial charge in [-0.2, -0.15) is 0 Å². The number of ether oxygens (including phenoxy) is 2. The minimum atomic E-state index is -0.314. The quantitative estimate of drug-likeness (QED) is 0.760. The summed E-state index contributed by atoms with van der Waals surface area (Å²) >= 11 is 3.52. The number of rotatable bonds is 4. The molecule has 0 aromatic carbocycles. The van der Waals surface area contributed by atoms with E-state index in [4.69, 9.17) is 9.47 Å². The molecule has 1 N–H and O–H groups in total. The number of carbonyl (C=O) groups excluding carboxylic acids is 1. The van der Waals surface area contributed by atoms with E-state index in [9.17, 15) is 4.79 Å². The topological polar surface area (TPSA) is 52.0 Å². The minimum absolute atomic E-state index is 0.0257. The monoisotopic (exact) mass is 420 g/mol. The first kappa shape index (κ1) is 19.1. The number of nitrogens with zero attached hydrogens (tertiary/aromatic N) is 1. The van der Waals surface area contributed by atoms with Gasteiger partial charge in [0.15, 0.2) is 0 Å². The second-order valence-electron chi connectivity index (χ2n) is 6.75. The van der Waals surface area contributed by atoms with E-state index in [1.165, 1.54) is 0 Å². The van der Waals surface area contributed by atoms with E-state index >= 15 is 0 Å². The zero-order valence-corrected chi connectivity index (χ0v) is 17.2. The SMILES string of the molecule is C/C=C(\c1cc2cc(Br)cn2c(C(=O)OC(C)C)c1C)C1CNCCO1. The van der Waals surface area contributed by atoms with Crippen molar-refractivity contribution in [2.24, 2.45) is 0 Å². The molecule has 2 aromatic heterocycles. The molecule has 6 heteroatoms. The average molecular weight is 421 g/mol. The first-order chi connectivity index (χ1) is 12.4. The minimum Gasteiger partial charge on any atom is -0.458 e. The van der Waals surface area contributed by atoms with Crippen molar-refractivity contribution in [1.29, 1.82) is 0 Å². The lowest BCUT2D eigenvalue weighted by Gasteiger charge is -2.27. The summed E-state index contributed by atoms with van der Waals surface area (Å²) < 4.78 is 14.3. The number of aromatic nitrogens is 1. The molecular weight excluding hydrogens is 396 g/mol. The van der Waals surface area contributed by atoms with Crippen molar-refractivity contribution in [3.05, 3.63) is 45.7 Å². The zero-order valence-electron chi connectivity index (χ0n) is 15.6. The van der Waals surface area contributed by atoms with Crippen LogP contribution >= 0.6 is 15.9 Å². The van der Waals surface area contributed by atoms with Crippen LogP contribution in [0.3, 0.4) is 0 Å². The Morgan fingerprint density at radius 1 is 1.46 bits per heavy atom. The van der Waals surface area contributed by atoms with Gasteiger partial charge in [-0.05, 0) is 72.5 Å². The molecule has 1 atom stereocenters. The molecule has 0 saturated carbocycles. The van der Waals surface area contributed by atoms with Gasteiger partial charge in [0.2, 0.25) is 0 Å². The highest BCUT2D eigenvalue weighted by Gasteiger charge is 2.25. The summed E-state index contributed by atoms with van der Waals surface area (Å²) in [6.07, 6.45) is 3.78. The first-order valence-corrected chi connectivity index (χ1v) is 9.72. The third kappa shape index (κ3) is 3.72. The van der Waals surface area contributed by atoms with Gasteiger partial charge in [-0.3, -0.25) is 0 Å². The lowest BCUT2D eigenvalue weighted by Crippen LogP contribution is -2.39. The summed E-state index contributed by atoms with van der Waals surface area (Å²) in [7, 11) is 0. The number of halogens is 1. The van der Waals surface area contributed by atoms with Crippen LogP contribution in [0.2, 0.25) is 0 Å². The van der Waals surface area contributed by atoms with Gasteiger partial charge >= 0.3 is 5.97 Å². The molecule has 1 unspecified atom stereocenters. The fourth-order valence-electron chi connectivity index (χ4n) is 3.42. The van der Waals surface area contributed by atoms with Gasteiger partial charge in [-0.15, -0.1) is 0 Å². The average Bonchev–Trinajstić information content (AvgIpc) is 2.95. The predicted molar refractivity (Wildman–Crippen MR) is 107 cm³/mol. The Balaban J connectivity index is 2.16. The molecule has 0 aliphatic carbocycles. The van der Waals surface area contributed by atoms with Crippen molar-refractivity contribution < 1.29 is 14.3 Å². The van der Waals surface area contributed by atoms with Crippen LogP contribution in [-0.4, -0.2) is 42.3 Å². The summed E-state index contributed by atoms with van der Waals surface area (Å²) in [5, 5.41) is 3.37. The van der Waals surface area contributed by atoms with E-state index in [0.717, 1.165) is 39.8 Å². The molecule has 26 heavy (non-hydrogen) atoms. The van der Waals surface area contributed by atoms with Crippen molar-refractivity contribution in [2.45, 2.75) is 39.9 Å². The Bertz CT molecular complexity index is 848. The van der Waals surface area contributed by atoms with Gasteiger partial charge < -0.3 is 19.2 Å². The molecule has 0 bridgehead atoms. The van der Waals surface area contributed by atoms with Gasteiger partial charge in [0, 0.05) is 29.3 Å².